The molecule has 7 rings (SSSR count). The van der Waals surface area contributed by atoms with Crippen LogP contribution >= 0.6 is 0 Å². The molecule has 0 aliphatic heterocycles. The average Bonchev–Trinajstić information content (AvgIpc) is 2.71. The maximum absolute atomic E-state index is 4.12. The van der Waals surface area contributed by atoms with E-state index in [2.05, 4.69) is 22.6 Å². The van der Waals surface area contributed by atoms with E-state index in [9.17, 15) is 0 Å². The molecule has 0 aromatic carbocycles. The minimum Gasteiger partial charge on any atom is -0.285 e. The molecule has 0 bridgehead atoms. The first-order valence-electron chi connectivity index (χ1n) is 5.46. The summed E-state index contributed by atoms with van der Waals surface area (Å²) in [5, 5.41) is 7.10. The van der Waals surface area contributed by atoms with Crippen LogP contribution in [0.3, 0.4) is 0 Å². The number of hydrogen-bond donors (Lipinski definition) is 1. The number of aromatic nitrogens is 2. The smallest absolute Gasteiger partial charge is 0.0525 e. The summed E-state index contributed by atoms with van der Waals surface area (Å²) in [5.41, 5.74) is 2.25. The molecule has 6 aliphatic carbocycles. The van der Waals surface area contributed by atoms with Crippen LogP contribution in [0.2, 0.25) is 0 Å². The molecule has 0 radical (unpaired) electrons. The number of H-pyrrole nitrogens is 1. The topological polar surface area (TPSA) is 28.7 Å². The maximum atomic E-state index is 4.12. The number of hydrogen-bond acceptors (Lipinski definition) is 1. The summed E-state index contributed by atoms with van der Waals surface area (Å²) in [6.45, 7) is 0. The van der Waals surface area contributed by atoms with E-state index in [4.69, 9.17) is 0 Å². The lowest BCUT2D eigenvalue weighted by atomic mass is 8.96. The van der Waals surface area contributed by atoms with E-state index >= 15 is 0 Å². The molecule has 0 saturated heterocycles. The first kappa shape index (κ1) is 5.18. The molecule has 6 saturated carbocycles. The summed E-state index contributed by atoms with van der Waals surface area (Å²) >= 11 is 0. The number of nitrogens with zero attached hydrogens (tertiary/aromatic N) is 1. The highest BCUT2D eigenvalue weighted by Gasteiger charge is 3.04. The highest BCUT2D eigenvalue weighted by Crippen LogP contribution is 3.05. The largest absolute Gasteiger partial charge is 0.285 e. The van der Waals surface area contributed by atoms with Gasteiger partial charge in [0.25, 0.3) is 0 Å². The number of nitrogens with one attached hydrogen (secondary N) is 1. The third-order valence-corrected chi connectivity index (χ3v) is 6.47. The maximum Gasteiger partial charge on any atom is 0.0525 e. The van der Waals surface area contributed by atoms with Gasteiger partial charge in [-0.3, -0.25) is 5.10 Å². The van der Waals surface area contributed by atoms with Crippen LogP contribution in [0.25, 0.3) is 0 Å². The Morgan fingerprint density at radius 1 is 1.08 bits per heavy atom. The minimum absolute atomic E-state index is 0.696. The summed E-state index contributed by atoms with van der Waals surface area (Å²) in [6.07, 6.45) is 4.24. The van der Waals surface area contributed by atoms with Crippen LogP contribution in [-0.2, 0) is 5.41 Å². The lowest BCUT2D eigenvalue weighted by molar-refractivity contribution is -0.581. The molecule has 64 valence electrons. The predicted octanol–water partition coefficient (Wildman–Crippen LogP) is 1.03. The lowest BCUT2D eigenvalue weighted by Gasteiger charge is -3.07. The first-order chi connectivity index (χ1) is 6.47. The van der Waals surface area contributed by atoms with Crippen LogP contribution in [0.15, 0.2) is 12.4 Å². The van der Waals surface area contributed by atoms with Crippen LogP contribution < -0.4 is 0 Å². The summed E-state index contributed by atoms with van der Waals surface area (Å²) in [5.74, 6) is 8.16. The van der Waals surface area contributed by atoms with Gasteiger partial charge in [0.2, 0.25) is 0 Å². The second kappa shape index (κ2) is 1.06. The van der Waals surface area contributed by atoms with Crippen molar-refractivity contribution in [2.24, 2.45) is 41.4 Å². The summed E-state index contributed by atoms with van der Waals surface area (Å²) in [6, 6.07) is 0. The molecule has 1 N–H and O–H groups in total. The van der Waals surface area contributed by atoms with Crippen LogP contribution in [0, 0.1) is 41.4 Å². The van der Waals surface area contributed by atoms with Crippen molar-refractivity contribution in [3.8, 4) is 0 Å². The predicted molar refractivity (Wildman–Crippen MR) is 44.7 cm³/mol. The van der Waals surface area contributed by atoms with Crippen molar-refractivity contribution in [3.05, 3.63) is 18.0 Å². The van der Waals surface area contributed by atoms with Gasteiger partial charge in [-0.15, -0.1) is 0 Å². The Hall–Kier alpha value is -0.790. The zero-order valence-corrected chi connectivity index (χ0v) is 7.14. The molecule has 6 aliphatic rings. The van der Waals surface area contributed by atoms with Gasteiger partial charge in [-0.05, 0) is 47.0 Å². The van der Waals surface area contributed by atoms with Crippen LogP contribution in [0.5, 0.6) is 0 Å². The molecule has 0 spiro atoms. The highest BCUT2D eigenvalue weighted by atomic mass is 15.1. The molecule has 1 aromatic heterocycles. The van der Waals surface area contributed by atoms with E-state index in [-0.39, 0.29) is 0 Å². The Balaban J connectivity index is 1.65. The van der Waals surface area contributed by atoms with Crippen LogP contribution in [0.1, 0.15) is 5.56 Å². The summed E-state index contributed by atoms with van der Waals surface area (Å²) in [4.78, 5) is 0. The second-order valence-corrected chi connectivity index (χ2v) is 5.81. The van der Waals surface area contributed by atoms with Crippen molar-refractivity contribution in [1.29, 1.82) is 0 Å². The van der Waals surface area contributed by atoms with Crippen molar-refractivity contribution < 1.29 is 0 Å². The fourth-order valence-corrected chi connectivity index (χ4v) is 6.50. The molecular weight excluding hydrogens is 160 g/mol. The third-order valence-electron chi connectivity index (χ3n) is 6.47. The molecule has 6 fully saturated rings. The monoisotopic (exact) mass is 170 g/mol. The molecular formula is C11H10N2. The molecule has 13 heavy (non-hydrogen) atoms. The molecule has 2 heteroatoms. The fraction of sp³-hybridized carbons (Fsp3) is 0.727. The average molecular weight is 170 g/mol. The van der Waals surface area contributed by atoms with Crippen molar-refractivity contribution >= 4 is 0 Å². The Bertz CT molecular complexity index is 396. The van der Waals surface area contributed by atoms with E-state index < -0.39 is 0 Å². The summed E-state index contributed by atoms with van der Waals surface area (Å²) in [7, 11) is 0. The molecule has 0 unspecified atom stereocenters. The zero-order valence-electron chi connectivity index (χ0n) is 7.14. The van der Waals surface area contributed by atoms with E-state index in [0.29, 0.717) is 5.41 Å². The highest BCUT2D eigenvalue weighted by molar-refractivity contribution is 5.58. The minimum atomic E-state index is 0.696. The van der Waals surface area contributed by atoms with E-state index in [1.54, 1.807) is 5.56 Å². The molecule has 0 amide bonds. The lowest BCUT2D eigenvalue weighted by Crippen LogP contribution is -3.06. The van der Waals surface area contributed by atoms with E-state index in [1.807, 2.05) is 0 Å². The van der Waals surface area contributed by atoms with Gasteiger partial charge in [-0.25, -0.2) is 0 Å². The van der Waals surface area contributed by atoms with Gasteiger partial charge in [-0.1, -0.05) is 0 Å². The molecule has 1 aromatic rings. The van der Waals surface area contributed by atoms with Crippen LogP contribution in [-0.4, -0.2) is 10.2 Å². The van der Waals surface area contributed by atoms with Gasteiger partial charge in [0.05, 0.1) is 6.20 Å². The molecule has 1 heterocycles. The van der Waals surface area contributed by atoms with Gasteiger partial charge in [0.15, 0.2) is 0 Å². The Kier molecular flexibility index (Phi) is 0.422. The van der Waals surface area contributed by atoms with Crippen molar-refractivity contribution in [1.82, 2.24) is 10.2 Å². The standard InChI is InChI=1S/C11H10N2/c1-3(2-13-12-1)11-8-5-4-6(8)10(11)7(4)9(5)11/h1-2,4-10H,(H,12,13). The molecule has 0 atom stereocenters. The van der Waals surface area contributed by atoms with Gasteiger partial charge in [0, 0.05) is 11.6 Å². The van der Waals surface area contributed by atoms with Crippen molar-refractivity contribution in [2.45, 2.75) is 5.41 Å². The van der Waals surface area contributed by atoms with Gasteiger partial charge >= 0.3 is 0 Å². The second-order valence-electron chi connectivity index (χ2n) is 5.81. The van der Waals surface area contributed by atoms with E-state index in [1.165, 1.54) is 23.7 Å². The Morgan fingerprint density at radius 3 is 2.31 bits per heavy atom. The first-order valence-corrected chi connectivity index (χ1v) is 5.46. The number of rotatable bonds is 1. The van der Waals surface area contributed by atoms with Gasteiger partial charge < -0.3 is 0 Å². The number of aromatic amines is 1. The van der Waals surface area contributed by atoms with Gasteiger partial charge in [-0.2, -0.15) is 5.10 Å². The van der Waals surface area contributed by atoms with Crippen molar-refractivity contribution in [3.63, 3.8) is 0 Å². The Labute approximate surface area is 75.7 Å². The Morgan fingerprint density at radius 2 is 1.77 bits per heavy atom. The van der Waals surface area contributed by atoms with Gasteiger partial charge in [0.1, 0.15) is 0 Å². The zero-order chi connectivity index (χ0) is 7.95. The quantitative estimate of drug-likeness (QED) is 0.670. The SMILES string of the molecule is c1n[nH]cc1C12C3C4C5C3C1C5C42. The fourth-order valence-electron chi connectivity index (χ4n) is 6.50. The van der Waals surface area contributed by atoms with Crippen LogP contribution in [0.4, 0.5) is 0 Å². The van der Waals surface area contributed by atoms with E-state index in [0.717, 1.165) is 17.8 Å². The summed E-state index contributed by atoms with van der Waals surface area (Å²) < 4.78 is 0. The van der Waals surface area contributed by atoms with Crippen molar-refractivity contribution in [2.75, 3.05) is 0 Å². The third kappa shape index (κ3) is 0.217. The normalized spacial score (nSPS) is 76.8. The molecule has 2 nitrogen and oxygen atoms in total.